The van der Waals surface area contributed by atoms with Crippen LogP contribution in [0.25, 0.3) is 16.9 Å². The summed E-state index contributed by atoms with van der Waals surface area (Å²) in [5.74, 6) is 0.253. The van der Waals surface area contributed by atoms with E-state index in [4.69, 9.17) is 9.47 Å². The molecule has 0 saturated heterocycles. The molecule has 22 heavy (non-hydrogen) atoms. The molecule has 0 aliphatic carbocycles. The molecule has 0 unspecified atom stereocenters. The summed E-state index contributed by atoms with van der Waals surface area (Å²) in [6.07, 6.45) is 5.08. The summed E-state index contributed by atoms with van der Waals surface area (Å²) in [5, 5.41) is 0. The second-order valence-electron chi connectivity index (χ2n) is 5.09. The van der Waals surface area contributed by atoms with Gasteiger partial charge in [-0.25, -0.2) is 14.4 Å². The van der Waals surface area contributed by atoms with Crippen LogP contribution < -0.4 is 9.47 Å². The molecule has 6 heteroatoms. The highest BCUT2D eigenvalue weighted by Crippen LogP contribution is 2.28. The standard InChI is InChI=1S/C16H16FN3O2/c1-10(2)22-16-15-19-9-13(20(15)7-6-18-16)11-4-5-14(21-3)12(17)8-11/h4-10H,1-3H3. The first kappa shape index (κ1) is 14.3. The van der Waals surface area contributed by atoms with Gasteiger partial charge in [-0.05, 0) is 32.0 Å². The predicted octanol–water partition coefficient (Wildman–Crippen LogP) is 3.33. The molecule has 0 atom stereocenters. The van der Waals surface area contributed by atoms with Gasteiger partial charge in [0.25, 0.3) is 5.88 Å². The Bertz CT molecular complexity index is 814. The van der Waals surface area contributed by atoms with Gasteiger partial charge in [0.05, 0.1) is 25.1 Å². The molecule has 114 valence electrons. The lowest BCUT2D eigenvalue weighted by Crippen LogP contribution is -2.08. The van der Waals surface area contributed by atoms with E-state index in [1.165, 1.54) is 13.2 Å². The molecule has 0 aliphatic heterocycles. The number of nitrogens with zero attached hydrogens (tertiary/aromatic N) is 3. The molecule has 0 bridgehead atoms. The summed E-state index contributed by atoms with van der Waals surface area (Å²) in [7, 11) is 1.44. The lowest BCUT2D eigenvalue weighted by molar-refractivity contribution is 0.234. The fraction of sp³-hybridized carbons (Fsp3) is 0.250. The Hall–Kier alpha value is -2.63. The number of ether oxygens (including phenoxy) is 2. The molecule has 2 heterocycles. The van der Waals surface area contributed by atoms with E-state index in [-0.39, 0.29) is 11.9 Å². The van der Waals surface area contributed by atoms with Crippen LogP contribution in [0.2, 0.25) is 0 Å². The van der Waals surface area contributed by atoms with Gasteiger partial charge in [-0.2, -0.15) is 0 Å². The van der Waals surface area contributed by atoms with Gasteiger partial charge < -0.3 is 9.47 Å². The van der Waals surface area contributed by atoms with Crippen molar-refractivity contribution < 1.29 is 13.9 Å². The molecule has 0 radical (unpaired) electrons. The zero-order valence-electron chi connectivity index (χ0n) is 12.6. The summed E-state index contributed by atoms with van der Waals surface area (Å²) in [6, 6.07) is 4.80. The molecule has 0 spiro atoms. The first-order valence-corrected chi connectivity index (χ1v) is 6.92. The second kappa shape index (κ2) is 5.63. The Morgan fingerprint density at radius 2 is 2.05 bits per heavy atom. The van der Waals surface area contributed by atoms with Crippen LogP contribution in [0.1, 0.15) is 13.8 Å². The molecule has 2 aromatic heterocycles. The van der Waals surface area contributed by atoms with Crippen LogP contribution in [-0.2, 0) is 0 Å². The first-order valence-electron chi connectivity index (χ1n) is 6.92. The van der Waals surface area contributed by atoms with E-state index in [1.54, 1.807) is 30.7 Å². The number of benzene rings is 1. The molecule has 0 fully saturated rings. The Kier molecular flexibility index (Phi) is 3.66. The van der Waals surface area contributed by atoms with E-state index in [9.17, 15) is 4.39 Å². The molecule has 0 saturated carbocycles. The molecule has 0 amide bonds. The minimum atomic E-state index is -0.414. The van der Waals surface area contributed by atoms with Gasteiger partial charge in [0, 0.05) is 18.0 Å². The van der Waals surface area contributed by atoms with Gasteiger partial charge in [-0.15, -0.1) is 0 Å². The van der Waals surface area contributed by atoms with Crippen molar-refractivity contribution in [1.82, 2.24) is 14.4 Å². The summed E-state index contributed by atoms with van der Waals surface area (Å²) in [6.45, 7) is 3.85. The van der Waals surface area contributed by atoms with E-state index in [1.807, 2.05) is 18.2 Å². The van der Waals surface area contributed by atoms with E-state index in [2.05, 4.69) is 9.97 Å². The molecular formula is C16H16FN3O2. The summed E-state index contributed by atoms with van der Waals surface area (Å²) < 4.78 is 26.3. The van der Waals surface area contributed by atoms with Gasteiger partial charge in [-0.3, -0.25) is 4.40 Å². The van der Waals surface area contributed by atoms with Gasteiger partial charge in [0.15, 0.2) is 11.6 Å². The zero-order chi connectivity index (χ0) is 15.7. The Balaban J connectivity index is 2.10. The maximum atomic E-state index is 13.9. The Morgan fingerprint density at radius 1 is 1.23 bits per heavy atom. The molecule has 1 aromatic carbocycles. The second-order valence-corrected chi connectivity index (χ2v) is 5.09. The quantitative estimate of drug-likeness (QED) is 0.741. The number of methoxy groups -OCH3 is 1. The van der Waals surface area contributed by atoms with Gasteiger partial charge >= 0.3 is 0 Å². The largest absolute Gasteiger partial charge is 0.494 e. The first-order chi connectivity index (χ1) is 10.6. The van der Waals surface area contributed by atoms with Crippen molar-refractivity contribution >= 4 is 5.65 Å². The van der Waals surface area contributed by atoms with Crippen molar-refractivity contribution in [2.75, 3.05) is 7.11 Å². The number of fused-ring (bicyclic) bond motifs is 1. The van der Waals surface area contributed by atoms with E-state index >= 15 is 0 Å². The highest BCUT2D eigenvalue weighted by atomic mass is 19.1. The monoisotopic (exact) mass is 301 g/mol. The number of aromatic nitrogens is 3. The van der Waals surface area contributed by atoms with Crippen molar-refractivity contribution in [2.45, 2.75) is 20.0 Å². The highest BCUT2D eigenvalue weighted by molar-refractivity contribution is 5.66. The third-order valence-electron chi connectivity index (χ3n) is 3.19. The van der Waals surface area contributed by atoms with Crippen LogP contribution >= 0.6 is 0 Å². The smallest absolute Gasteiger partial charge is 0.258 e. The number of rotatable bonds is 4. The number of halogens is 1. The van der Waals surface area contributed by atoms with Crippen LogP contribution in [0, 0.1) is 5.82 Å². The fourth-order valence-corrected chi connectivity index (χ4v) is 2.24. The SMILES string of the molecule is COc1ccc(-c2cnc3c(OC(C)C)nccn23)cc1F. The van der Waals surface area contributed by atoms with Gasteiger partial charge in [0.1, 0.15) is 0 Å². The van der Waals surface area contributed by atoms with Crippen molar-refractivity contribution in [1.29, 1.82) is 0 Å². The highest BCUT2D eigenvalue weighted by Gasteiger charge is 2.13. The molecule has 3 aromatic rings. The number of hydrogen-bond donors (Lipinski definition) is 0. The third-order valence-corrected chi connectivity index (χ3v) is 3.19. The minimum absolute atomic E-state index is 0.00252. The van der Waals surface area contributed by atoms with Gasteiger partial charge in [0.2, 0.25) is 5.65 Å². The normalized spacial score (nSPS) is 11.1. The molecule has 3 rings (SSSR count). The number of hydrogen-bond acceptors (Lipinski definition) is 4. The molecule has 5 nitrogen and oxygen atoms in total. The van der Waals surface area contributed by atoms with Crippen molar-refractivity contribution in [2.24, 2.45) is 0 Å². The van der Waals surface area contributed by atoms with Crippen LogP contribution in [0.4, 0.5) is 4.39 Å². The van der Waals surface area contributed by atoms with Crippen molar-refractivity contribution in [3.8, 4) is 22.9 Å². The molecule has 0 N–H and O–H groups in total. The van der Waals surface area contributed by atoms with Crippen molar-refractivity contribution in [3.05, 3.63) is 42.6 Å². The molecular weight excluding hydrogens is 285 g/mol. The lowest BCUT2D eigenvalue weighted by atomic mass is 10.1. The van der Waals surface area contributed by atoms with Crippen LogP contribution in [0.3, 0.4) is 0 Å². The molecule has 0 aliphatic rings. The summed E-state index contributed by atoms with van der Waals surface area (Å²) in [5.41, 5.74) is 2.06. The van der Waals surface area contributed by atoms with Gasteiger partial charge in [-0.1, -0.05) is 0 Å². The van der Waals surface area contributed by atoms with E-state index in [0.717, 1.165) is 5.69 Å². The van der Waals surface area contributed by atoms with E-state index < -0.39 is 5.82 Å². The van der Waals surface area contributed by atoms with Crippen LogP contribution in [-0.4, -0.2) is 27.6 Å². The summed E-state index contributed by atoms with van der Waals surface area (Å²) >= 11 is 0. The Morgan fingerprint density at radius 3 is 2.73 bits per heavy atom. The topological polar surface area (TPSA) is 48.7 Å². The number of imidazole rings is 1. The van der Waals surface area contributed by atoms with Crippen molar-refractivity contribution in [3.63, 3.8) is 0 Å². The fourth-order valence-electron chi connectivity index (χ4n) is 2.24. The minimum Gasteiger partial charge on any atom is -0.494 e. The van der Waals surface area contributed by atoms with E-state index in [0.29, 0.717) is 17.1 Å². The maximum absolute atomic E-state index is 13.9. The zero-order valence-corrected chi connectivity index (χ0v) is 12.6. The average Bonchev–Trinajstić information content (AvgIpc) is 2.91. The summed E-state index contributed by atoms with van der Waals surface area (Å²) in [4.78, 5) is 8.54. The third kappa shape index (κ3) is 2.47. The average molecular weight is 301 g/mol. The maximum Gasteiger partial charge on any atom is 0.258 e. The Labute approximate surface area is 127 Å². The predicted molar refractivity (Wildman–Crippen MR) is 80.7 cm³/mol. The van der Waals surface area contributed by atoms with Crippen LogP contribution in [0.15, 0.2) is 36.8 Å². The van der Waals surface area contributed by atoms with Crippen LogP contribution in [0.5, 0.6) is 11.6 Å². The lowest BCUT2D eigenvalue weighted by Gasteiger charge is -2.10.